The maximum Gasteiger partial charge on any atom is 0.326 e. The summed E-state index contributed by atoms with van der Waals surface area (Å²) in [7, 11) is 0. The topological polar surface area (TPSA) is 83.7 Å². The molecule has 2 rings (SSSR count). The Balaban J connectivity index is 2.39. The van der Waals surface area contributed by atoms with Crippen LogP contribution in [0.25, 0.3) is 5.65 Å². The van der Waals surface area contributed by atoms with Crippen molar-refractivity contribution >= 4 is 29.1 Å². The van der Waals surface area contributed by atoms with Crippen LogP contribution in [0.5, 0.6) is 0 Å². The number of imidazole rings is 1. The largest absolute Gasteiger partial charge is 0.480 e. The summed E-state index contributed by atoms with van der Waals surface area (Å²) in [6, 6.07) is 2.45. The summed E-state index contributed by atoms with van der Waals surface area (Å²) in [5.41, 5.74) is 1.41. The zero-order chi connectivity index (χ0) is 16.4. The Hall–Kier alpha value is -2.08. The number of carbonyl (C=O) groups excluding carboxylic acids is 1. The molecule has 0 bridgehead atoms. The minimum atomic E-state index is -1.05. The van der Waals surface area contributed by atoms with Gasteiger partial charge in [-0.2, -0.15) is 0 Å². The van der Waals surface area contributed by atoms with Crippen LogP contribution in [-0.4, -0.2) is 32.4 Å². The summed E-state index contributed by atoms with van der Waals surface area (Å²) >= 11 is 5.96. The minimum Gasteiger partial charge on any atom is -0.480 e. The molecule has 0 fully saturated rings. The molecular weight excluding hydrogens is 306 g/mol. The van der Waals surface area contributed by atoms with Crippen molar-refractivity contribution in [2.75, 3.05) is 0 Å². The molecule has 2 heterocycles. The molecule has 2 unspecified atom stereocenters. The van der Waals surface area contributed by atoms with E-state index in [1.54, 1.807) is 36.6 Å². The Kier molecular flexibility index (Phi) is 4.71. The number of aryl methyl sites for hydroxylation is 1. The molecule has 0 aromatic carbocycles. The lowest BCUT2D eigenvalue weighted by Crippen LogP contribution is -2.45. The molecular formula is C15H18ClN3O3. The maximum absolute atomic E-state index is 12.5. The molecule has 22 heavy (non-hydrogen) atoms. The number of amides is 1. The SMILES string of the molecule is CCC(C)C(NC(=O)c1c(C)nc2ccc(Cl)cn12)C(=O)O. The van der Waals surface area contributed by atoms with E-state index in [0.29, 0.717) is 28.5 Å². The van der Waals surface area contributed by atoms with Crippen LogP contribution < -0.4 is 5.32 Å². The molecule has 1 amide bonds. The highest BCUT2D eigenvalue weighted by Gasteiger charge is 2.27. The van der Waals surface area contributed by atoms with Crippen molar-refractivity contribution in [1.82, 2.24) is 14.7 Å². The van der Waals surface area contributed by atoms with Gasteiger partial charge in [0.25, 0.3) is 5.91 Å². The first-order valence-corrected chi connectivity index (χ1v) is 7.40. The predicted octanol–water partition coefficient (Wildman–Crippen LogP) is 2.53. The molecule has 7 heteroatoms. The number of hydrogen-bond acceptors (Lipinski definition) is 3. The van der Waals surface area contributed by atoms with Crippen LogP contribution in [0.4, 0.5) is 0 Å². The van der Waals surface area contributed by atoms with Crippen molar-refractivity contribution in [3.8, 4) is 0 Å². The van der Waals surface area contributed by atoms with Crippen LogP contribution in [0.1, 0.15) is 36.5 Å². The van der Waals surface area contributed by atoms with Gasteiger partial charge in [0, 0.05) is 6.20 Å². The summed E-state index contributed by atoms with van der Waals surface area (Å²) in [6.07, 6.45) is 2.24. The molecule has 2 aromatic heterocycles. The number of halogens is 1. The van der Waals surface area contributed by atoms with E-state index in [1.165, 1.54) is 0 Å². The first-order valence-electron chi connectivity index (χ1n) is 7.03. The van der Waals surface area contributed by atoms with E-state index in [2.05, 4.69) is 10.3 Å². The fraction of sp³-hybridized carbons (Fsp3) is 0.400. The van der Waals surface area contributed by atoms with Gasteiger partial charge in [-0.15, -0.1) is 0 Å². The van der Waals surface area contributed by atoms with Gasteiger partial charge in [-0.05, 0) is 25.0 Å². The number of nitrogens with one attached hydrogen (secondary N) is 1. The Labute approximate surface area is 133 Å². The third kappa shape index (κ3) is 3.06. The molecule has 2 aromatic rings. The van der Waals surface area contributed by atoms with Crippen LogP contribution in [0.3, 0.4) is 0 Å². The third-order valence-corrected chi connectivity index (χ3v) is 3.96. The smallest absolute Gasteiger partial charge is 0.326 e. The van der Waals surface area contributed by atoms with Crippen LogP contribution in [-0.2, 0) is 4.79 Å². The molecule has 6 nitrogen and oxygen atoms in total. The zero-order valence-corrected chi connectivity index (χ0v) is 13.4. The highest BCUT2D eigenvalue weighted by atomic mass is 35.5. The van der Waals surface area contributed by atoms with Crippen LogP contribution in [0.15, 0.2) is 18.3 Å². The Morgan fingerprint density at radius 2 is 2.14 bits per heavy atom. The van der Waals surface area contributed by atoms with E-state index in [9.17, 15) is 14.7 Å². The number of carboxylic acid groups (broad SMARTS) is 1. The molecule has 0 spiro atoms. The van der Waals surface area contributed by atoms with E-state index in [1.807, 2.05) is 6.92 Å². The first kappa shape index (κ1) is 16.3. The van der Waals surface area contributed by atoms with Gasteiger partial charge in [0.2, 0.25) is 0 Å². The zero-order valence-electron chi connectivity index (χ0n) is 12.6. The van der Waals surface area contributed by atoms with Gasteiger partial charge in [-0.1, -0.05) is 31.9 Å². The first-order chi connectivity index (χ1) is 10.3. The molecule has 0 saturated carbocycles. The van der Waals surface area contributed by atoms with Gasteiger partial charge in [-0.3, -0.25) is 9.20 Å². The summed E-state index contributed by atoms with van der Waals surface area (Å²) < 4.78 is 1.57. The summed E-state index contributed by atoms with van der Waals surface area (Å²) in [5, 5.41) is 12.3. The van der Waals surface area contributed by atoms with E-state index in [4.69, 9.17) is 11.6 Å². The second-order valence-corrected chi connectivity index (χ2v) is 5.73. The van der Waals surface area contributed by atoms with E-state index in [0.717, 1.165) is 0 Å². The average Bonchev–Trinajstić information content (AvgIpc) is 2.78. The maximum atomic E-state index is 12.5. The molecule has 2 N–H and O–H groups in total. The van der Waals surface area contributed by atoms with E-state index < -0.39 is 17.9 Å². The van der Waals surface area contributed by atoms with E-state index >= 15 is 0 Å². The molecule has 0 saturated heterocycles. The van der Waals surface area contributed by atoms with Crippen LogP contribution >= 0.6 is 11.6 Å². The Morgan fingerprint density at radius 3 is 2.73 bits per heavy atom. The van der Waals surface area contributed by atoms with Crippen molar-refractivity contribution in [2.24, 2.45) is 5.92 Å². The van der Waals surface area contributed by atoms with Crippen molar-refractivity contribution in [2.45, 2.75) is 33.2 Å². The van der Waals surface area contributed by atoms with E-state index in [-0.39, 0.29) is 5.92 Å². The molecule has 0 aliphatic rings. The molecule has 0 radical (unpaired) electrons. The average molecular weight is 324 g/mol. The summed E-state index contributed by atoms with van der Waals surface area (Å²) in [5.74, 6) is -1.70. The highest BCUT2D eigenvalue weighted by Crippen LogP contribution is 2.17. The quantitative estimate of drug-likeness (QED) is 0.885. The number of hydrogen-bond donors (Lipinski definition) is 2. The van der Waals surface area contributed by atoms with Crippen molar-refractivity contribution in [3.63, 3.8) is 0 Å². The second-order valence-electron chi connectivity index (χ2n) is 5.30. The summed E-state index contributed by atoms with van der Waals surface area (Å²) in [4.78, 5) is 28.1. The van der Waals surface area contributed by atoms with Gasteiger partial charge in [0.05, 0.1) is 10.7 Å². The number of carbonyl (C=O) groups is 2. The number of pyridine rings is 1. The van der Waals surface area contributed by atoms with Gasteiger partial charge in [0.15, 0.2) is 0 Å². The molecule has 118 valence electrons. The van der Waals surface area contributed by atoms with Crippen molar-refractivity contribution in [1.29, 1.82) is 0 Å². The lowest BCUT2D eigenvalue weighted by atomic mass is 9.99. The standard InChI is InChI=1S/C15H18ClN3O3/c1-4-8(2)12(15(21)22)18-14(20)13-9(3)17-11-6-5-10(16)7-19(11)13/h5-8,12H,4H2,1-3H3,(H,18,20)(H,21,22). The lowest BCUT2D eigenvalue weighted by Gasteiger charge is -2.20. The lowest BCUT2D eigenvalue weighted by molar-refractivity contribution is -0.140. The normalized spacial score (nSPS) is 13.8. The number of fused-ring (bicyclic) bond motifs is 1. The third-order valence-electron chi connectivity index (χ3n) is 3.74. The Bertz CT molecular complexity index is 726. The fourth-order valence-corrected chi connectivity index (χ4v) is 2.46. The van der Waals surface area contributed by atoms with Crippen LogP contribution in [0, 0.1) is 12.8 Å². The molecule has 0 aliphatic carbocycles. The number of carboxylic acids is 1. The predicted molar refractivity (Wildman–Crippen MR) is 83.3 cm³/mol. The van der Waals surface area contributed by atoms with Gasteiger partial charge < -0.3 is 10.4 Å². The number of nitrogens with zero attached hydrogens (tertiary/aromatic N) is 2. The number of rotatable bonds is 5. The molecule has 0 aliphatic heterocycles. The monoisotopic (exact) mass is 323 g/mol. The number of aliphatic carboxylic acids is 1. The van der Waals surface area contributed by atoms with Crippen molar-refractivity contribution in [3.05, 3.63) is 34.7 Å². The van der Waals surface area contributed by atoms with Gasteiger partial charge >= 0.3 is 5.97 Å². The van der Waals surface area contributed by atoms with Crippen LogP contribution in [0.2, 0.25) is 5.02 Å². The highest BCUT2D eigenvalue weighted by molar-refractivity contribution is 6.30. The molecule has 2 atom stereocenters. The minimum absolute atomic E-state index is 0.176. The van der Waals surface area contributed by atoms with Gasteiger partial charge in [0.1, 0.15) is 17.4 Å². The number of aromatic nitrogens is 2. The van der Waals surface area contributed by atoms with Crippen molar-refractivity contribution < 1.29 is 14.7 Å². The van der Waals surface area contributed by atoms with Gasteiger partial charge in [-0.25, -0.2) is 9.78 Å². The Morgan fingerprint density at radius 1 is 1.45 bits per heavy atom. The summed E-state index contributed by atoms with van der Waals surface area (Å²) in [6.45, 7) is 5.37. The second kappa shape index (κ2) is 6.36. The fourth-order valence-electron chi connectivity index (χ4n) is 2.30.